The Morgan fingerprint density at radius 1 is 1.30 bits per heavy atom. The van der Waals surface area contributed by atoms with E-state index in [1.165, 1.54) is 11.8 Å². The van der Waals surface area contributed by atoms with E-state index in [-0.39, 0.29) is 35.1 Å². The zero-order chi connectivity index (χ0) is 17.2. The van der Waals surface area contributed by atoms with Gasteiger partial charge in [0.1, 0.15) is 0 Å². The molecule has 0 radical (unpaired) electrons. The van der Waals surface area contributed by atoms with Crippen molar-refractivity contribution in [1.29, 1.82) is 0 Å². The number of amides is 3. The highest BCUT2D eigenvalue weighted by Gasteiger charge is 2.24. The van der Waals surface area contributed by atoms with Crippen molar-refractivity contribution in [2.45, 2.75) is 43.4 Å². The van der Waals surface area contributed by atoms with Crippen LogP contribution in [0.15, 0.2) is 23.1 Å². The van der Waals surface area contributed by atoms with Gasteiger partial charge >= 0.3 is 0 Å². The third kappa shape index (κ3) is 4.72. The Labute approximate surface area is 139 Å². The molecule has 1 heterocycles. The van der Waals surface area contributed by atoms with Gasteiger partial charge in [0, 0.05) is 16.0 Å². The molecule has 1 aromatic rings. The van der Waals surface area contributed by atoms with Gasteiger partial charge in [0.15, 0.2) is 0 Å². The van der Waals surface area contributed by atoms with Gasteiger partial charge in [-0.2, -0.15) is 0 Å². The standard InChI is InChI=1S/C16H21N3O3S/c1-9-14(21)18-11-7-10(5-6-12(11)23-9)15(22)17-8-13(20)19-16(2,3)4/h5-7,9H,8H2,1-4H3,(H,17,22)(H,18,21)(H,19,20)/t9-/m1/s1. The van der Waals surface area contributed by atoms with Crippen LogP contribution in [0.1, 0.15) is 38.1 Å². The van der Waals surface area contributed by atoms with Crippen LogP contribution < -0.4 is 16.0 Å². The van der Waals surface area contributed by atoms with Gasteiger partial charge in [0.2, 0.25) is 11.8 Å². The predicted molar refractivity (Wildman–Crippen MR) is 90.6 cm³/mol. The number of anilines is 1. The van der Waals surface area contributed by atoms with E-state index in [0.717, 1.165) is 4.90 Å². The van der Waals surface area contributed by atoms with Crippen molar-refractivity contribution in [2.75, 3.05) is 11.9 Å². The van der Waals surface area contributed by atoms with Gasteiger partial charge in [-0.25, -0.2) is 0 Å². The molecule has 23 heavy (non-hydrogen) atoms. The molecule has 2 rings (SSSR count). The van der Waals surface area contributed by atoms with Crippen LogP contribution in [0.4, 0.5) is 5.69 Å². The Balaban J connectivity index is 2.00. The first-order valence-corrected chi connectivity index (χ1v) is 8.24. The highest BCUT2D eigenvalue weighted by Crippen LogP contribution is 2.35. The van der Waals surface area contributed by atoms with Crippen LogP contribution in [0.2, 0.25) is 0 Å². The molecular weight excluding hydrogens is 314 g/mol. The van der Waals surface area contributed by atoms with Crippen molar-refractivity contribution in [3.63, 3.8) is 0 Å². The molecule has 1 aliphatic heterocycles. The number of hydrogen-bond donors (Lipinski definition) is 3. The fraction of sp³-hybridized carbons (Fsp3) is 0.438. The highest BCUT2D eigenvalue weighted by atomic mass is 32.2. The number of benzene rings is 1. The zero-order valence-corrected chi connectivity index (χ0v) is 14.5. The molecule has 0 aliphatic carbocycles. The lowest BCUT2D eigenvalue weighted by Gasteiger charge is -2.22. The summed E-state index contributed by atoms with van der Waals surface area (Å²) in [7, 11) is 0. The minimum atomic E-state index is -0.352. The summed E-state index contributed by atoms with van der Waals surface area (Å²) in [6.07, 6.45) is 0. The number of carbonyl (C=O) groups is 3. The molecule has 1 aliphatic rings. The number of nitrogens with one attached hydrogen (secondary N) is 3. The number of fused-ring (bicyclic) bond motifs is 1. The lowest BCUT2D eigenvalue weighted by atomic mass is 10.1. The van der Waals surface area contributed by atoms with E-state index in [1.54, 1.807) is 18.2 Å². The second-order valence-corrected chi connectivity index (χ2v) is 7.82. The van der Waals surface area contributed by atoms with Crippen LogP contribution in [-0.2, 0) is 9.59 Å². The van der Waals surface area contributed by atoms with Crippen molar-refractivity contribution in [1.82, 2.24) is 10.6 Å². The van der Waals surface area contributed by atoms with Crippen LogP contribution in [-0.4, -0.2) is 35.1 Å². The van der Waals surface area contributed by atoms with Gasteiger partial charge in [0.05, 0.1) is 17.5 Å². The number of carbonyl (C=O) groups excluding carboxylic acids is 3. The predicted octanol–water partition coefficient (Wildman–Crippen LogP) is 1.76. The Kier molecular flexibility index (Phi) is 4.99. The zero-order valence-electron chi connectivity index (χ0n) is 13.6. The van der Waals surface area contributed by atoms with E-state index < -0.39 is 0 Å². The topological polar surface area (TPSA) is 87.3 Å². The lowest BCUT2D eigenvalue weighted by Crippen LogP contribution is -2.45. The fourth-order valence-electron chi connectivity index (χ4n) is 2.08. The minimum absolute atomic E-state index is 0.0791. The SMILES string of the molecule is C[C@H]1Sc2ccc(C(=O)NCC(=O)NC(C)(C)C)cc2NC1=O. The van der Waals surface area contributed by atoms with E-state index in [9.17, 15) is 14.4 Å². The largest absolute Gasteiger partial charge is 0.350 e. The molecule has 6 nitrogen and oxygen atoms in total. The average Bonchev–Trinajstić information content (AvgIpc) is 2.43. The molecule has 0 unspecified atom stereocenters. The first kappa shape index (κ1) is 17.3. The van der Waals surface area contributed by atoms with E-state index in [0.29, 0.717) is 11.3 Å². The summed E-state index contributed by atoms with van der Waals surface area (Å²) in [5.41, 5.74) is 0.693. The third-order valence-electron chi connectivity index (χ3n) is 3.10. The molecule has 0 saturated heterocycles. The molecule has 0 bridgehead atoms. The summed E-state index contributed by atoms with van der Waals surface area (Å²) >= 11 is 1.46. The van der Waals surface area contributed by atoms with Crippen molar-refractivity contribution >= 4 is 35.2 Å². The fourth-order valence-corrected chi connectivity index (χ4v) is 3.01. The summed E-state index contributed by atoms with van der Waals surface area (Å²) in [5.74, 6) is -0.680. The molecule has 3 amide bonds. The summed E-state index contributed by atoms with van der Waals surface area (Å²) in [6.45, 7) is 7.36. The highest BCUT2D eigenvalue weighted by molar-refractivity contribution is 8.00. The van der Waals surface area contributed by atoms with Crippen LogP contribution in [0, 0.1) is 0 Å². The maximum atomic E-state index is 12.1. The molecule has 0 fully saturated rings. The molecule has 0 saturated carbocycles. The molecule has 7 heteroatoms. The average molecular weight is 335 g/mol. The second-order valence-electron chi connectivity index (χ2n) is 6.44. The molecular formula is C16H21N3O3S. The van der Waals surface area contributed by atoms with Crippen molar-refractivity contribution in [3.8, 4) is 0 Å². The molecule has 1 aromatic carbocycles. The number of rotatable bonds is 3. The second kappa shape index (κ2) is 6.62. The molecule has 3 N–H and O–H groups in total. The summed E-state index contributed by atoms with van der Waals surface area (Å²) < 4.78 is 0. The molecule has 1 atom stereocenters. The molecule has 0 spiro atoms. The van der Waals surface area contributed by atoms with Crippen LogP contribution in [0.25, 0.3) is 0 Å². The Morgan fingerprint density at radius 2 is 2.00 bits per heavy atom. The van der Waals surface area contributed by atoms with Crippen LogP contribution in [0.5, 0.6) is 0 Å². The Bertz CT molecular complexity index is 652. The van der Waals surface area contributed by atoms with E-state index >= 15 is 0 Å². The van der Waals surface area contributed by atoms with E-state index in [2.05, 4.69) is 16.0 Å². The van der Waals surface area contributed by atoms with Crippen molar-refractivity contribution < 1.29 is 14.4 Å². The summed E-state index contributed by atoms with van der Waals surface area (Å²) in [5, 5.41) is 7.98. The van der Waals surface area contributed by atoms with Gasteiger partial charge in [0.25, 0.3) is 5.91 Å². The maximum absolute atomic E-state index is 12.1. The van der Waals surface area contributed by atoms with Crippen LogP contribution in [0.3, 0.4) is 0 Å². The maximum Gasteiger partial charge on any atom is 0.251 e. The summed E-state index contributed by atoms with van der Waals surface area (Å²) in [4.78, 5) is 36.5. The van der Waals surface area contributed by atoms with Crippen LogP contribution >= 0.6 is 11.8 Å². The third-order valence-corrected chi connectivity index (χ3v) is 4.27. The van der Waals surface area contributed by atoms with Gasteiger partial charge in [-0.3, -0.25) is 14.4 Å². The minimum Gasteiger partial charge on any atom is -0.350 e. The molecule has 0 aromatic heterocycles. The first-order chi connectivity index (χ1) is 10.7. The van der Waals surface area contributed by atoms with Gasteiger partial charge in [-0.1, -0.05) is 0 Å². The number of hydrogen-bond acceptors (Lipinski definition) is 4. The quantitative estimate of drug-likeness (QED) is 0.785. The van der Waals surface area contributed by atoms with Gasteiger partial charge in [-0.05, 0) is 45.9 Å². The lowest BCUT2D eigenvalue weighted by molar-refractivity contribution is -0.121. The Morgan fingerprint density at radius 3 is 2.65 bits per heavy atom. The monoisotopic (exact) mass is 335 g/mol. The number of thioether (sulfide) groups is 1. The van der Waals surface area contributed by atoms with Gasteiger partial charge < -0.3 is 16.0 Å². The normalized spacial score (nSPS) is 17.0. The van der Waals surface area contributed by atoms with E-state index in [4.69, 9.17) is 0 Å². The first-order valence-electron chi connectivity index (χ1n) is 7.36. The van der Waals surface area contributed by atoms with Gasteiger partial charge in [-0.15, -0.1) is 11.8 Å². The van der Waals surface area contributed by atoms with E-state index in [1.807, 2.05) is 27.7 Å². The smallest absolute Gasteiger partial charge is 0.251 e. The summed E-state index contributed by atoms with van der Waals surface area (Å²) in [6, 6.07) is 5.12. The Hall–Kier alpha value is -2.02. The van der Waals surface area contributed by atoms with Crippen molar-refractivity contribution in [2.24, 2.45) is 0 Å². The van der Waals surface area contributed by atoms with Crippen molar-refractivity contribution in [3.05, 3.63) is 23.8 Å². The molecule has 124 valence electrons.